The molecule has 0 spiro atoms. The predicted molar refractivity (Wildman–Crippen MR) is 56.6 cm³/mol. The van der Waals surface area contributed by atoms with Crippen molar-refractivity contribution >= 4 is 5.91 Å². The van der Waals surface area contributed by atoms with Crippen molar-refractivity contribution < 1.29 is 4.79 Å². The quantitative estimate of drug-likeness (QED) is 0.657. The summed E-state index contributed by atoms with van der Waals surface area (Å²) in [4.78, 5) is 13.1. The largest absolute Gasteiger partial charge is 0.368 e. The van der Waals surface area contributed by atoms with Crippen LogP contribution in [0.1, 0.15) is 20.3 Å². The summed E-state index contributed by atoms with van der Waals surface area (Å²) in [5, 5.41) is 0. The molecular formula is C10H21N3O. The molecule has 0 radical (unpaired) electrons. The second-order valence-electron chi connectivity index (χ2n) is 4.51. The zero-order valence-electron chi connectivity index (χ0n) is 9.07. The minimum Gasteiger partial charge on any atom is -0.368 e. The van der Waals surface area contributed by atoms with E-state index in [1.54, 1.807) is 0 Å². The predicted octanol–water partition coefficient (Wildman–Crippen LogP) is -0.223. The van der Waals surface area contributed by atoms with Gasteiger partial charge in [0.2, 0.25) is 5.91 Å². The van der Waals surface area contributed by atoms with Crippen LogP contribution in [0.15, 0.2) is 0 Å². The molecule has 0 aromatic rings. The maximum atomic E-state index is 10.7. The van der Waals surface area contributed by atoms with Crippen molar-refractivity contribution in [1.82, 2.24) is 4.90 Å². The number of carbonyl (C=O) groups is 1. The molecule has 4 nitrogen and oxygen atoms in total. The van der Waals surface area contributed by atoms with Gasteiger partial charge in [-0.25, -0.2) is 0 Å². The van der Waals surface area contributed by atoms with Crippen molar-refractivity contribution in [1.29, 1.82) is 0 Å². The average Bonchev–Trinajstić information content (AvgIpc) is 2.42. The number of hydrogen-bond acceptors (Lipinski definition) is 3. The molecule has 0 saturated carbocycles. The SMILES string of the molecule is CC1CN(CCC(N)C(N)=O)CC1C. The lowest BCUT2D eigenvalue weighted by atomic mass is 10.0. The lowest BCUT2D eigenvalue weighted by molar-refractivity contribution is -0.119. The summed E-state index contributed by atoms with van der Waals surface area (Å²) in [6.45, 7) is 7.65. The summed E-state index contributed by atoms with van der Waals surface area (Å²) in [7, 11) is 0. The molecule has 1 fully saturated rings. The topological polar surface area (TPSA) is 72.3 Å². The fraction of sp³-hybridized carbons (Fsp3) is 0.900. The summed E-state index contributed by atoms with van der Waals surface area (Å²) >= 11 is 0. The van der Waals surface area contributed by atoms with E-state index < -0.39 is 11.9 Å². The first kappa shape index (κ1) is 11.5. The summed E-state index contributed by atoms with van der Waals surface area (Å²) in [5.41, 5.74) is 10.7. The van der Waals surface area contributed by atoms with Gasteiger partial charge in [-0.05, 0) is 18.3 Å². The van der Waals surface area contributed by atoms with E-state index >= 15 is 0 Å². The van der Waals surface area contributed by atoms with Crippen LogP contribution in [-0.2, 0) is 4.79 Å². The van der Waals surface area contributed by atoms with Crippen LogP contribution in [0.3, 0.4) is 0 Å². The zero-order valence-corrected chi connectivity index (χ0v) is 9.07. The first-order valence-corrected chi connectivity index (χ1v) is 5.28. The van der Waals surface area contributed by atoms with Crippen LogP contribution < -0.4 is 11.5 Å². The third-order valence-corrected chi connectivity index (χ3v) is 3.19. The Morgan fingerprint density at radius 2 is 1.93 bits per heavy atom. The highest BCUT2D eigenvalue weighted by Gasteiger charge is 2.26. The summed E-state index contributed by atoms with van der Waals surface area (Å²) in [6, 6.07) is -0.485. The van der Waals surface area contributed by atoms with Gasteiger partial charge in [0.25, 0.3) is 0 Å². The fourth-order valence-corrected chi connectivity index (χ4v) is 1.90. The van der Waals surface area contributed by atoms with Gasteiger partial charge in [-0.1, -0.05) is 13.8 Å². The number of primary amides is 1. The van der Waals surface area contributed by atoms with E-state index in [1.165, 1.54) is 0 Å². The third-order valence-electron chi connectivity index (χ3n) is 3.19. The van der Waals surface area contributed by atoms with E-state index in [1.807, 2.05) is 0 Å². The van der Waals surface area contributed by atoms with Gasteiger partial charge in [-0.15, -0.1) is 0 Å². The monoisotopic (exact) mass is 199 g/mol. The second kappa shape index (κ2) is 4.75. The Balaban J connectivity index is 2.23. The normalized spacial score (nSPS) is 30.5. The number of hydrogen-bond donors (Lipinski definition) is 2. The molecule has 1 rings (SSSR count). The molecule has 0 aromatic heterocycles. The van der Waals surface area contributed by atoms with Gasteiger partial charge in [-0.3, -0.25) is 4.79 Å². The number of nitrogens with zero attached hydrogens (tertiary/aromatic N) is 1. The zero-order chi connectivity index (χ0) is 10.7. The van der Waals surface area contributed by atoms with E-state index in [0.717, 1.165) is 31.5 Å². The molecule has 4 heteroatoms. The number of nitrogens with two attached hydrogens (primary N) is 2. The lowest BCUT2D eigenvalue weighted by Crippen LogP contribution is -2.39. The van der Waals surface area contributed by atoms with Crippen molar-refractivity contribution in [2.45, 2.75) is 26.3 Å². The Morgan fingerprint density at radius 1 is 1.43 bits per heavy atom. The molecule has 14 heavy (non-hydrogen) atoms. The smallest absolute Gasteiger partial charge is 0.234 e. The maximum absolute atomic E-state index is 10.7. The van der Waals surface area contributed by atoms with Crippen LogP contribution in [0.25, 0.3) is 0 Å². The maximum Gasteiger partial charge on any atom is 0.234 e. The number of rotatable bonds is 4. The average molecular weight is 199 g/mol. The number of amides is 1. The van der Waals surface area contributed by atoms with Gasteiger partial charge in [-0.2, -0.15) is 0 Å². The van der Waals surface area contributed by atoms with Crippen molar-refractivity contribution in [2.75, 3.05) is 19.6 Å². The third kappa shape index (κ3) is 2.96. The number of likely N-dealkylation sites (tertiary alicyclic amines) is 1. The summed E-state index contributed by atoms with van der Waals surface area (Å²) in [6.07, 6.45) is 0.675. The highest BCUT2D eigenvalue weighted by atomic mass is 16.1. The van der Waals surface area contributed by atoms with E-state index in [9.17, 15) is 4.79 Å². The first-order valence-electron chi connectivity index (χ1n) is 5.28. The van der Waals surface area contributed by atoms with Crippen molar-refractivity contribution in [3.05, 3.63) is 0 Å². The van der Waals surface area contributed by atoms with Gasteiger partial charge in [0, 0.05) is 19.6 Å². The molecule has 1 heterocycles. The molecule has 1 aliphatic rings. The van der Waals surface area contributed by atoms with Gasteiger partial charge in [0.1, 0.15) is 0 Å². The van der Waals surface area contributed by atoms with Crippen LogP contribution in [0.2, 0.25) is 0 Å². The van der Waals surface area contributed by atoms with Crippen LogP contribution in [0.4, 0.5) is 0 Å². The molecule has 1 aliphatic heterocycles. The standard InChI is InChI=1S/C10H21N3O/c1-7-5-13(6-8(7)2)4-3-9(11)10(12)14/h7-9H,3-6,11H2,1-2H3,(H2,12,14). The van der Waals surface area contributed by atoms with Crippen LogP contribution >= 0.6 is 0 Å². The van der Waals surface area contributed by atoms with E-state index in [2.05, 4.69) is 18.7 Å². The molecule has 0 aliphatic carbocycles. The number of carbonyl (C=O) groups excluding carboxylic acids is 1. The minimum atomic E-state index is -0.485. The lowest BCUT2D eigenvalue weighted by Gasteiger charge is -2.16. The fourth-order valence-electron chi connectivity index (χ4n) is 1.90. The Bertz CT molecular complexity index is 198. The Labute approximate surface area is 85.6 Å². The molecular weight excluding hydrogens is 178 g/mol. The van der Waals surface area contributed by atoms with Crippen LogP contribution in [0, 0.1) is 11.8 Å². The second-order valence-corrected chi connectivity index (χ2v) is 4.51. The first-order chi connectivity index (χ1) is 6.50. The molecule has 82 valence electrons. The van der Waals surface area contributed by atoms with Gasteiger partial charge in [0.15, 0.2) is 0 Å². The molecule has 4 N–H and O–H groups in total. The Kier molecular flexibility index (Phi) is 3.89. The van der Waals surface area contributed by atoms with Crippen LogP contribution in [-0.4, -0.2) is 36.5 Å². The molecule has 1 amide bonds. The van der Waals surface area contributed by atoms with Gasteiger partial charge >= 0.3 is 0 Å². The highest BCUT2D eigenvalue weighted by Crippen LogP contribution is 2.21. The van der Waals surface area contributed by atoms with E-state index in [-0.39, 0.29) is 0 Å². The van der Waals surface area contributed by atoms with Crippen LogP contribution in [0.5, 0.6) is 0 Å². The summed E-state index contributed by atoms with van der Waals surface area (Å²) in [5.74, 6) is 1.10. The van der Waals surface area contributed by atoms with Crippen molar-refractivity contribution in [3.63, 3.8) is 0 Å². The Morgan fingerprint density at radius 3 is 2.36 bits per heavy atom. The van der Waals surface area contributed by atoms with Gasteiger partial charge < -0.3 is 16.4 Å². The molecule has 0 bridgehead atoms. The highest BCUT2D eigenvalue weighted by molar-refractivity contribution is 5.79. The van der Waals surface area contributed by atoms with Crippen molar-refractivity contribution in [3.8, 4) is 0 Å². The molecule has 3 atom stereocenters. The van der Waals surface area contributed by atoms with Crippen molar-refractivity contribution in [2.24, 2.45) is 23.3 Å². The van der Waals surface area contributed by atoms with Gasteiger partial charge in [0.05, 0.1) is 6.04 Å². The molecule has 1 saturated heterocycles. The molecule has 0 aromatic carbocycles. The van der Waals surface area contributed by atoms with E-state index in [4.69, 9.17) is 11.5 Å². The summed E-state index contributed by atoms with van der Waals surface area (Å²) < 4.78 is 0. The minimum absolute atomic E-state index is 0.398. The van der Waals surface area contributed by atoms with E-state index in [0.29, 0.717) is 6.42 Å². The molecule has 3 unspecified atom stereocenters. The Hall–Kier alpha value is -0.610.